The molecule has 1 saturated heterocycles. The van der Waals surface area contributed by atoms with Gasteiger partial charge in [-0.2, -0.15) is 0 Å². The van der Waals surface area contributed by atoms with Crippen molar-refractivity contribution >= 4 is 23.4 Å². The molecule has 5 nitrogen and oxygen atoms in total. The Kier molecular flexibility index (Phi) is 6.40. The summed E-state index contributed by atoms with van der Waals surface area (Å²) in [6.45, 7) is 9.03. The number of benzene rings is 1. The number of para-hydroxylation sites is 1. The summed E-state index contributed by atoms with van der Waals surface area (Å²) in [7, 11) is 0. The second-order valence-electron chi connectivity index (χ2n) is 6.43. The van der Waals surface area contributed by atoms with Crippen molar-refractivity contribution in [3.63, 3.8) is 0 Å². The van der Waals surface area contributed by atoms with E-state index in [2.05, 4.69) is 40.2 Å². The molecule has 24 heavy (non-hydrogen) atoms. The maximum atomic E-state index is 12.3. The van der Waals surface area contributed by atoms with Gasteiger partial charge < -0.3 is 15.0 Å². The lowest BCUT2D eigenvalue weighted by atomic mass is 10.2. The van der Waals surface area contributed by atoms with Gasteiger partial charge in [0.2, 0.25) is 5.91 Å². The summed E-state index contributed by atoms with van der Waals surface area (Å²) in [5.74, 6) is 0.117. The van der Waals surface area contributed by atoms with Gasteiger partial charge in [-0.1, -0.05) is 19.1 Å². The van der Waals surface area contributed by atoms with Gasteiger partial charge >= 0.3 is 0 Å². The third-order valence-corrected chi connectivity index (χ3v) is 5.57. The van der Waals surface area contributed by atoms with Crippen LogP contribution in [-0.2, 0) is 9.53 Å². The Morgan fingerprint density at radius 3 is 2.96 bits per heavy atom. The zero-order valence-corrected chi connectivity index (χ0v) is 15.2. The van der Waals surface area contributed by atoms with Crippen LogP contribution >= 0.6 is 11.8 Å². The molecule has 132 valence electrons. The minimum Gasteiger partial charge on any atom is -0.379 e. The molecule has 0 aliphatic carbocycles. The van der Waals surface area contributed by atoms with Crippen LogP contribution in [0.2, 0.25) is 0 Å². The number of morpholine rings is 1. The number of nitrogens with zero attached hydrogens (tertiary/aromatic N) is 2. The number of fused-ring (bicyclic) bond motifs is 1. The van der Waals surface area contributed by atoms with Gasteiger partial charge in [0.1, 0.15) is 0 Å². The van der Waals surface area contributed by atoms with Crippen LogP contribution in [0, 0.1) is 0 Å². The van der Waals surface area contributed by atoms with Crippen LogP contribution in [0.15, 0.2) is 29.2 Å². The number of ether oxygens (including phenoxy) is 1. The lowest BCUT2D eigenvalue weighted by Crippen LogP contribution is -2.42. The summed E-state index contributed by atoms with van der Waals surface area (Å²) in [6, 6.07) is 8.36. The van der Waals surface area contributed by atoms with E-state index in [4.69, 9.17) is 4.74 Å². The maximum absolute atomic E-state index is 12.3. The van der Waals surface area contributed by atoms with Crippen molar-refractivity contribution in [2.45, 2.75) is 23.5 Å². The first-order valence-corrected chi connectivity index (χ1v) is 9.68. The van der Waals surface area contributed by atoms with Crippen molar-refractivity contribution in [1.29, 1.82) is 0 Å². The van der Waals surface area contributed by atoms with E-state index in [1.54, 1.807) is 0 Å². The smallest absolute Gasteiger partial charge is 0.239 e. The zero-order valence-electron chi connectivity index (χ0n) is 14.4. The number of amides is 1. The molecule has 6 heteroatoms. The largest absolute Gasteiger partial charge is 0.379 e. The quantitative estimate of drug-likeness (QED) is 0.794. The molecule has 0 aromatic heterocycles. The molecule has 2 heterocycles. The summed E-state index contributed by atoms with van der Waals surface area (Å²) in [5.41, 5.74) is 1.18. The van der Waals surface area contributed by atoms with Crippen LogP contribution in [0.25, 0.3) is 0 Å². The Morgan fingerprint density at radius 1 is 1.33 bits per heavy atom. The van der Waals surface area contributed by atoms with Crippen LogP contribution < -0.4 is 10.2 Å². The predicted molar refractivity (Wildman–Crippen MR) is 98.9 cm³/mol. The van der Waals surface area contributed by atoms with E-state index in [0.717, 1.165) is 52.4 Å². The molecule has 0 saturated carbocycles. The zero-order chi connectivity index (χ0) is 16.8. The Balaban J connectivity index is 1.42. The van der Waals surface area contributed by atoms with E-state index in [1.807, 2.05) is 17.8 Å². The SMILES string of the molecule is CC1CN(CC(=O)NCCCN2CCOCC2)c2ccccc2S1. The lowest BCUT2D eigenvalue weighted by molar-refractivity contribution is -0.119. The van der Waals surface area contributed by atoms with Gasteiger partial charge in [-0.15, -0.1) is 11.8 Å². The Labute approximate surface area is 148 Å². The Bertz CT molecular complexity index is 549. The summed E-state index contributed by atoms with van der Waals surface area (Å²) >= 11 is 1.89. The van der Waals surface area contributed by atoms with E-state index in [1.165, 1.54) is 10.6 Å². The van der Waals surface area contributed by atoms with Gasteiger partial charge in [0.05, 0.1) is 25.4 Å². The molecule has 1 N–H and O–H groups in total. The Hall–Kier alpha value is -1.24. The van der Waals surface area contributed by atoms with Gasteiger partial charge in [-0.25, -0.2) is 0 Å². The molecule has 1 unspecified atom stereocenters. The number of nitrogens with one attached hydrogen (secondary N) is 1. The number of anilines is 1. The maximum Gasteiger partial charge on any atom is 0.239 e. The van der Waals surface area contributed by atoms with E-state index in [0.29, 0.717) is 11.8 Å². The van der Waals surface area contributed by atoms with Crippen molar-refractivity contribution in [3.05, 3.63) is 24.3 Å². The molecule has 1 aromatic rings. The number of carbonyl (C=O) groups excluding carboxylic acids is 1. The third kappa shape index (κ3) is 4.88. The topological polar surface area (TPSA) is 44.8 Å². The molecule has 1 aromatic carbocycles. The molecule has 1 amide bonds. The summed E-state index contributed by atoms with van der Waals surface area (Å²) in [5, 5.41) is 3.58. The standard InChI is InChI=1S/C18H27N3O2S/c1-15-13-21(16-5-2-3-6-17(16)24-15)14-18(22)19-7-4-8-20-9-11-23-12-10-20/h2-3,5-6,15H,4,7-14H2,1H3,(H,19,22). The second kappa shape index (κ2) is 8.74. The fourth-order valence-corrected chi connectivity index (χ4v) is 4.38. The molecule has 0 radical (unpaired) electrons. The number of rotatable bonds is 6. The molecule has 2 aliphatic rings. The molecule has 0 spiro atoms. The first-order valence-electron chi connectivity index (χ1n) is 8.80. The van der Waals surface area contributed by atoms with Crippen molar-refractivity contribution in [1.82, 2.24) is 10.2 Å². The van der Waals surface area contributed by atoms with E-state index < -0.39 is 0 Å². The van der Waals surface area contributed by atoms with Gasteiger partial charge in [-0.05, 0) is 25.1 Å². The first kappa shape index (κ1) is 17.6. The van der Waals surface area contributed by atoms with E-state index in [9.17, 15) is 4.79 Å². The van der Waals surface area contributed by atoms with E-state index in [-0.39, 0.29) is 5.91 Å². The molecule has 2 aliphatic heterocycles. The number of thioether (sulfide) groups is 1. The number of carbonyl (C=O) groups is 1. The van der Waals surface area contributed by atoms with E-state index >= 15 is 0 Å². The van der Waals surface area contributed by atoms with Gasteiger partial charge in [-0.3, -0.25) is 9.69 Å². The van der Waals surface area contributed by atoms with Crippen LogP contribution in [0.3, 0.4) is 0 Å². The minimum absolute atomic E-state index is 0.117. The number of hydrogen-bond donors (Lipinski definition) is 1. The molecule has 1 atom stereocenters. The van der Waals surface area contributed by atoms with Gasteiger partial charge in [0, 0.05) is 36.3 Å². The van der Waals surface area contributed by atoms with Crippen LogP contribution in [-0.4, -0.2) is 68.5 Å². The van der Waals surface area contributed by atoms with Crippen molar-refractivity contribution in [2.75, 3.05) is 57.4 Å². The number of hydrogen-bond acceptors (Lipinski definition) is 5. The van der Waals surface area contributed by atoms with Crippen LogP contribution in [0.5, 0.6) is 0 Å². The van der Waals surface area contributed by atoms with Gasteiger partial charge in [0.15, 0.2) is 0 Å². The average Bonchev–Trinajstić information content (AvgIpc) is 2.59. The summed E-state index contributed by atoms with van der Waals surface area (Å²) in [4.78, 5) is 18.2. The highest BCUT2D eigenvalue weighted by Gasteiger charge is 2.23. The molecule has 1 fully saturated rings. The van der Waals surface area contributed by atoms with Gasteiger partial charge in [0.25, 0.3) is 0 Å². The fourth-order valence-electron chi connectivity index (χ4n) is 3.22. The highest BCUT2D eigenvalue weighted by Crippen LogP contribution is 2.37. The Morgan fingerprint density at radius 2 is 2.12 bits per heavy atom. The van der Waals surface area contributed by atoms with Crippen molar-refractivity contribution in [3.8, 4) is 0 Å². The first-order chi connectivity index (χ1) is 11.7. The van der Waals surface area contributed by atoms with Crippen molar-refractivity contribution < 1.29 is 9.53 Å². The summed E-state index contributed by atoms with van der Waals surface area (Å²) in [6.07, 6.45) is 0.995. The molecular weight excluding hydrogens is 322 g/mol. The molecule has 0 bridgehead atoms. The fraction of sp³-hybridized carbons (Fsp3) is 0.611. The third-order valence-electron chi connectivity index (χ3n) is 4.42. The molecular formula is C18H27N3O2S. The monoisotopic (exact) mass is 349 g/mol. The van der Waals surface area contributed by atoms with Crippen LogP contribution in [0.4, 0.5) is 5.69 Å². The highest BCUT2D eigenvalue weighted by molar-refractivity contribution is 8.00. The summed E-state index contributed by atoms with van der Waals surface area (Å²) < 4.78 is 5.35. The predicted octanol–water partition coefficient (Wildman–Crippen LogP) is 1.83. The average molecular weight is 349 g/mol. The van der Waals surface area contributed by atoms with Crippen molar-refractivity contribution in [2.24, 2.45) is 0 Å². The van der Waals surface area contributed by atoms with Crippen LogP contribution in [0.1, 0.15) is 13.3 Å². The highest BCUT2D eigenvalue weighted by atomic mass is 32.2. The second-order valence-corrected chi connectivity index (χ2v) is 7.91. The normalized spacial score (nSPS) is 21.4. The molecule has 3 rings (SSSR count). The lowest BCUT2D eigenvalue weighted by Gasteiger charge is -2.33. The minimum atomic E-state index is 0.117.